The highest BCUT2D eigenvalue weighted by molar-refractivity contribution is 5.82. The summed E-state index contributed by atoms with van der Waals surface area (Å²) in [5.74, 6) is -0.581. The van der Waals surface area contributed by atoms with Crippen molar-refractivity contribution < 1.29 is 14.6 Å². The molecule has 0 bridgehead atoms. The Morgan fingerprint density at radius 2 is 1.92 bits per heavy atom. The number of allylic oxidation sites excluding steroid dienone is 1. The second-order valence-electron chi connectivity index (χ2n) is 7.33. The fourth-order valence-electron chi connectivity index (χ4n) is 4.32. The van der Waals surface area contributed by atoms with Crippen molar-refractivity contribution in [2.45, 2.75) is 49.5 Å². The molecule has 4 heteroatoms. The minimum atomic E-state index is -0.876. The average molecular weight is 329 g/mol. The van der Waals surface area contributed by atoms with Gasteiger partial charge in [0.2, 0.25) is 0 Å². The van der Waals surface area contributed by atoms with Crippen LogP contribution in [0.2, 0.25) is 0 Å². The van der Waals surface area contributed by atoms with E-state index in [0.29, 0.717) is 19.6 Å². The number of nitrogens with two attached hydrogens (primary N) is 1. The molecule has 2 fully saturated rings. The Kier molecular flexibility index (Phi) is 4.79. The second-order valence-corrected chi connectivity index (χ2v) is 7.33. The molecule has 0 amide bonds. The van der Waals surface area contributed by atoms with Gasteiger partial charge < -0.3 is 15.6 Å². The zero-order valence-electron chi connectivity index (χ0n) is 14.2. The van der Waals surface area contributed by atoms with E-state index in [1.54, 1.807) is 6.08 Å². The fraction of sp³-hybridized carbons (Fsp3) is 0.550. The number of rotatable bonds is 6. The van der Waals surface area contributed by atoms with Gasteiger partial charge in [-0.3, -0.25) is 4.79 Å². The van der Waals surface area contributed by atoms with E-state index in [-0.39, 0.29) is 5.92 Å². The summed E-state index contributed by atoms with van der Waals surface area (Å²) in [6.07, 6.45) is 7.57. The first-order valence-electron chi connectivity index (χ1n) is 8.85. The third kappa shape index (κ3) is 2.78. The molecule has 1 aromatic carbocycles. The smallest absolute Gasteiger partial charge is 0.314 e. The van der Waals surface area contributed by atoms with E-state index >= 15 is 0 Å². The molecule has 2 aliphatic rings. The van der Waals surface area contributed by atoms with E-state index in [4.69, 9.17) is 10.5 Å². The number of carboxylic acids is 1. The van der Waals surface area contributed by atoms with Crippen LogP contribution in [-0.2, 0) is 20.5 Å². The van der Waals surface area contributed by atoms with Crippen LogP contribution >= 0.6 is 0 Å². The molecule has 1 unspecified atom stereocenters. The Morgan fingerprint density at radius 3 is 2.38 bits per heavy atom. The van der Waals surface area contributed by atoms with Crippen molar-refractivity contribution in [2.24, 2.45) is 11.7 Å². The molecule has 130 valence electrons. The van der Waals surface area contributed by atoms with Gasteiger partial charge in [0, 0.05) is 0 Å². The summed E-state index contributed by atoms with van der Waals surface area (Å²) >= 11 is 0. The van der Waals surface area contributed by atoms with E-state index in [9.17, 15) is 9.90 Å². The molecular formula is C20H27NO3. The Morgan fingerprint density at radius 1 is 1.29 bits per heavy atom. The Hall–Kier alpha value is -1.65. The molecule has 0 radical (unpaired) electrons. The Bertz CT molecular complexity index is 600. The lowest BCUT2D eigenvalue weighted by molar-refractivity contribution is -0.147. The maximum Gasteiger partial charge on any atom is 0.314 e. The molecule has 1 heterocycles. The topological polar surface area (TPSA) is 72.5 Å². The maximum atomic E-state index is 12.4. The van der Waals surface area contributed by atoms with E-state index in [2.05, 4.69) is 6.58 Å². The number of hydrogen-bond donors (Lipinski definition) is 2. The summed E-state index contributed by atoms with van der Waals surface area (Å²) in [5, 5.41) is 10.2. The Balaban J connectivity index is 1.97. The molecular weight excluding hydrogens is 302 g/mol. The number of ether oxygens (including phenoxy) is 1. The monoisotopic (exact) mass is 329 g/mol. The van der Waals surface area contributed by atoms with Gasteiger partial charge >= 0.3 is 5.97 Å². The van der Waals surface area contributed by atoms with Gasteiger partial charge in [-0.15, -0.1) is 6.58 Å². The van der Waals surface area contributed by atoms with Gasteiger partial charge in [0.15, 0.2) is 0 Å². The molecule has 4 nitrogen and oxygen atoms in total. The highest BCUT2D eigenvalue weighted by Gasteiger charge is 2.46. The van der Waals surface area contributed by atoms with Crippen LogP contribution in [-0.4, -0.2) is 24.3 Å². The summed E-state index contributed by atoms with van der Waals surface area (Å²) in [6.45, 7) is 4.87. The predicted molar refractivity (Wildman–Crippen MR) is 93.8 cm³/mol. The van der Waals surface area contributed by atoms with Crippen molar-refractivity contribution in [3.63, 3.8) is 0 Å². The maximum absolute atomic E-state index is 12.4. The first-order chi connectivity index (χ1) is 11.5. The highest BCUT2D eigenvalue weighted by atomic mass is 16.5. The highest BCUT2D eigenvalue weighted by Crippen LogP contribution is 2.44. The van der Waals surface area contributed by atoms with Crippen molar-refractivity contribution in [3.05, 3.63) is 48.0 Å². The molecule has 1 aromatic rings. The summed E-state index contributed by atoms with van der Waals surface area (Å²) in [6, 6.07) is 7.85. The molecule has 3 N–H and O–H groups in total. The van der Waals surface area contributed by atoms with Gasteiger partial charge in [-0.25, -0.2) is 0 Å². The minimum Gasteiger partial charge on any atom is -0.481 e. The molecule has 24 heavy (non-hydrogen) atoms. The Labute approximate surface area is 143 Å². The molecule has 1 saturated carbocycles. The van der Waals surface area contributed by atoms with Gasteiger partial charge in [-0.1, -0.05) is 49.6 Å². The van der Waals surface area contributed by atoms with Crippen LogP contribution in [0.3, 0.4) is 0 Å². The number of hydrogen-bond acceptors (Lipinski definition) is 3. The first-order valence-corrected chi connectivity index (χ1v) is 8.85. The van der Waals surface area contributed by atoms with Gasteiger partial charge in [-0.2, -0.15) is 0 Å². The zero-order valence-corrected chi connectivity index (χ0v) is 14.2. The number of carboxylic acid groups (broad SMARTS) is 1. The molecule has 1 saturated heterocycles. The summed E-state index contributed by atoms with van der Waals surface area (Å²) in [4.78, 5) is 12.4. The van der Waals surface area contributed by atoms with E-state index in [1.165, 1.54) is 6.42 Å². The van der Waals surface area contributed by atoms with Crippen molar-refractivity contribution in [3.8, 4) is 0 Å². The normalized spacial score (nSPS) is 23.0. The predicted octanol–water partition coefficient (Wildman–Crippen LogP) is 3.35. The van der Waals surface area contributed by atoms with Crippen LogP contribution in [0.5, 0.6) is 0 Å². The zero-order chi connectivity index (χ0) is 17.2. The SMILES string of the molecule is C=CCC(C(=O)O)(c1ccc(C2(N)COC2)cc1)C1CCCCC1. The summed E-state index contributed by atoms with van der Waals surface area (Å²) in [7, 11) is 0. The summed E-state index contributed by atoms with van der Waals surface area (Å²) < 4.78 is 5.23. The molecule has 3 rings (SSSR count). The van der Waals surface area contributed by atoms with Gasteiger partial charge in [0.25, 0.3) is 0 Å². The summed E-state index contributed by atoms with van der Waals surface area (Å²) in [5.41, 5.74) is 6.87. The van der Waals surface area contributed by atoms with Crippen LogP contribution < -0.4 is 5.73 Å². The molecule has 1 aliphatic carbocycles. The lowest BCUT2D eigenvalue weighted by atomic mass is 9.63. The molecule has 0 aromatic heterocycles. The van der Waals surface area contributed by atoms with Crippen LogP contribution in [0.25, 0.3) is 0 Å². The van der Waals surface area contributed by atoms with E-state index < -0.39 is 16.9 Å². The van der Waals surface area contributed by atoms with Crippen molar-refractivity contribution in [2.75, 3.05) is 13.2 Å². The standard InChI is InChI=1S/C20H27NO3/c1-2-12-20(18(22)23,16-6-4-3-5-7-16)17-10-8-15(9-11-17)19(21)13-24-14-19/h2,8-11,16H,1,3-7,12-14,21H2,(H,22,23). The van der Waals surface area contributed by atoms with Crippen LogP contribution in [0, 0.1) is 5.92 Å². The molecule has 0 spiro atoms. The van der Waals surface area contributed by atoms with Crippen molar-refractivity contribution >= 4 is 5.97 Å². The third-order valence-electron chi connectivity index (χ3n) is 5.84. The number of aliphatic carboxylic acids is 1. The van der Waals surface area contributed by atoms with Crippen LogP contribution in [0.15, 0.2) is 36.9 Å². The minimum absolute atomic E-state index is 0.159. The third-order valence-corrected chi connectivity index (χ3v) is 5.84. The van der Waals surface area contributed by atoms with Crippen molar-refractivity contribution in [1.29, 1.82) is 0 Å². The van der Waals surface area contributed by atoms with Crippen LogP contribution in [0.4, 0.5) is 0 Å². The van der Waals surface area contributed by atoms with Gasteiger partial charge in [-0.05, 0) is 36.3 Å². The van der Waals surface area contributed by atoms with Crippen LogP contribution in [0.1, 0.15) is 49.7 Å². The fourth-order valence-corrected chi connectivity index (χ4v) is 4.32. The quantitative estimate of drug-likeness (QED) is 0.785. The lowest BCUT2D eigenvalue weighted by Crippen LogP contribution is -2.54. The van der Waals surface area contributed by atoms with Gasteiger partial charge in [0.1, 0.15) is 0 Å². The van der Waals surface area contributed by atoms with Gasteiger partial charge in [0.05, 0.1) is 24.2 Å². The second kappa shape index (κ2) is 6.69. The first kappa shape index (κ1) is 17.2. The van der Waals surface area contributed by atoms with Crippen molar-refractivity contribution in [1.82, 2.24) is 0 Å². The lowest BCUT2D eigenvalue weighted by Gasteiger charge is -2.41. The molecule has 1 atom stereocenters. The van der Waals surface area contributed by atoms with E-state index in [1.807, 2.05) is 24.3 Å². The average Bonchev–Trinajstić information content (AvgIpc) is 2.58. The largest absolute Gasteiger partial charge is 0.481 e. The number of benzene rings is 1. The van der Waals surface area contributed by atoms with E-state index in [0.717, 1.165) is 36.8 Å². The molecule has 1 aliphatic heterocycles. The number of carbonyl (C=O) groups is 1.